The molecule has 0 saturated carbocycles. The van der Waals surface area contributed by atoms with Gasteiger partial charge in [-0.25, -0.2) is 9.36 Å². The summed E-state index contributed by atoms with van der Waals surface area (Å²) in [6, 6.07) is 4.93. The lowest BCUT2D eigenvalue weighted by atomic mass is 10.2. The van der Waals surface area contributed by atoms with Crippen molar-refractivity contribution in [3.8, 4) is 17.3 Å². The van der Waals surface area contributed by atoms with Gasteiger partial charge in [-0.2, -0.15) is 17.5 Å². The Hall–Kier alpha value is -3.28. The van der Waals surface area contributed by atoms with Crippen molar-refractivity contribution in [1.29, 1.82) is 0 Å². The molecule has 28 heavy (non-hydrogen) atoms. The van der Waals surface area contributed by atoms with Crippen molar-refractivity contribution in [1.82, 2.24) is 23.7 Å². The van der Waals surface area contributed by atoms with Gasteiger partial charge in [-0.15, -0.1) is 10.2 Å². The lowest BCUT2D eigenvalue weighted by molar-refractivity contribution is -0.144. The maximum atomic E-state index is 13.0. The molecular formula is C16H10F3N5O3S. The van der Waals surface area contributed by atoms with Gasteiger partial charge in [-0.05, 0) is 29.7 Å². The van der Waals surface area contributed by atoms with Gasteiger partial charge < -0.3 is 4.42 Å². The standard InChI is InChI=1S/C16H10F3N5O3S/c1-7-20-21-14(27-7)13-9-5-8(3-4-10(9)28-22-13)24-12(25)6-11(16(17,18)19)23(2)15(24)26/h3-6H,1-2H3. The third kappa shape index (κ3) is 2.81. The summed E-state index contributed by atoms with van der Waals surface area (Å²) in [6.45, 7) is 1.61. The van der Waals surface area contributed by atoms with E-state index in [2.05, 4.69) is 14.6 Å². The molecule has 0 aliphatic rings. The van der Waals surface area contributed by atoms with Gasteiger partial charge in [0, 0.05) is 25.4 Å². The number of fused-ring (bicyclic) bond motifs is 1. The lowest BCUT2D eigenvalue weighted by Crippen LogP contribution is -2.40. The van der Waals surface area contributed by atoms with Crippen LogP contribution in [0.2, 0.25) is 0 Å². The molecule has 4 aromatic rings. The topological polar surface area (TPSA) is 95.8 Å². The van der Waals surface area contributed by atoms with Crippen LogP contribution >= 0.6 is 11.5 Å². The molecule has 0 saturated heterocycles. The maximum absolute atomic E-state index is 13.0. The molecule has 144 valence electrons. The highest BCUT2D eigenvalue weighted by Gasteiger charge is 2.35. The van der Waals surface area contributed by atoms with E-state index in [0.717, 1.165) is 18.6 Å². The van der Waals surface area contributed by atoms with Gasteiger partial charge in [0.1, 0.15) is 11.4 Å². The minimum atomic E-state index is -4.82. The van der Waals surface area contributed by atoms with E-state index in [9.17, 15) is 22.8 Å². The Morgan fingerprint density at radius 2 is 1.89 bits per heavy atom. The van der Waals surface area contributed by atoms with Crippen molar-refractivity contribution >= 4 is 21.6 Å². The van der Waals surface area contributed by atoms with Crippen molar-refractivity contribution < 1.29 is 17.6 Å². The van der Waals surface area contributed by atoms with Gasteiger partial charge >= 0.3 is 11.9 Å². The highest BCUT2D eigenvalue weighted by Crippen LogP contribution is 2.31. The van der Waals surface area contributed by atoms with Crippen molar-refractivity contribution in [2.24, 2.45) is 7.05 Å². The van der Waals surface area contributed by atoms with Crippen LogP contribution in [0.3, 0.4) is 0 Å². The van der Waals surface area contributed by atoms with Gasteiger partial charge in [0.25, 0.3) is 11.4 Å². The predicted molar refractivity (Wildman–Crippen MR) is 93.5 cm³/mol. The Bertz CT molecular complexity index is 1330. The molecule has 4 rings (SSSR count). The van der Waals surface area contributed by atoms with Crippen LogP contribution in [0.25, 0.3) is 27.4 Å². The minimum Gasteiger partial charge on any atom is -0.420 e. The molecule has 0 N–H and O–H groups in total. The number of aromatic nitrogens is 5. The molecule has 0 amide bonds. The zero-order chi connectivity index (χ0) is 20.2. The molecule has 0 unspecified atom stereocenters. The van der Waals surface area contributed by atoms with Crippen molar-refractivity contribution in [3.05, 3.63) is 56.7 Å². The van der Waals surface area contributed by atoms with Crippen LogP contribution in [0, 0.1) is 6.92 Å². The smallest absolute Gasteiger partial charge is 0.420 e. The van der Waals surface area contributed by atoms with Gasteiger partial charge in [0.15, 0.2) is 0 Å². The van der Waals surface area contributed by atoms with E-state index in [1.54, 1.807) is 13.0 Å². The third-order valence-corrected chi connectivity index (χ3v) is 4.88. The van der Waals surface area contributed by atoms with E-state index in [0.29, 0.717) is 36.9 Å². The molecule has 12 heteroatoms. The summed E-state index contributed by atoms with van der Waals surface area (Å²) in [5.41, 5.74) is -3.06. The van der Waals surface area contributed by atoms with Crippen LogP contribution in [0.15, 0.2) is 38.3 Å². The number of nitrogens with zero attached hydrogens (tertiary/aromatic N) is 5. The van der Waals surface area contributed by atoms with Gasteiger partial charge in [-0.1, -0.05) is 0 Å². The molecule has 0 atom stereocenters. The number of alkyl halides is 3. The van der Waals surface area contributed by atoms with Gasteiger partial charge in [0.2, 0.25) is 5.89 Å². The number of hydrogen-bond donors (Lipinski definition) is 0. The Kier molecular flexibility index (Phi) is 3.96. The molecule has 0 radical (unpaired) electrons. The fourth-order valence-electron chi connectivity index (χ4n) is 2.75. The van der Waals surface area contributed by atoms with E-state index in [1.165, 1.54) is 12.1 Å². The van der Waals surface area contributed by atoms with Crippen LogP contribution in [0.4, 0.5) is 13.2 Å². The largest absolute Gasteiger partial charge is 0.431 e. The molecule has 3 aromatic heterocycles. The molecule has 0 bridgehead atoms. The van der Waals surface area contributed by atoms with Gasteiger partial charge in [-0.3, -0.25) is 9.36 Å². The SMILES string of the molecule is Cc1nnc(-c2nsc3ccc(-n4c(=O)cc(C(F)(F)F)n(C)c4=O)cc23)o1. The Labute approximate surface area is 157 Å². The Morgan fingerprint density at radius 1 is 1.14 bits per heavy atom. The molecule has 0 aliphatic carbocycles. The molecule has 1 aromatic carbocycles. The number of aryl methyl sites for hydroxylation is 1. The van der Waals surface area contributed by atoms with Crippen LogP contribution in [0.1, 0.15) is 11.6 Å². The number of rotatable bonds is 2. The van der Waals surface area contributed by atoms with Crippen LogP contribution in [0.5, 0.6) is 0 Å². The summed E-state index contributed by atoms with van der Waals surface area (Å²) in [5.74, 6) is 0.494. The maximum Gasteiger partial charge on any atom is 0.431 e. The summed E-state index contributed by atoms with van der Waals surface area (Å²) in [5, 5.41) is 8.16. The normalized spacial score (nSPS) is 12.0. The molecular weight excluding hydrogens is 399 g/mol. The fourth-order valence-corrected chi connectivity index (χ4v) is 3.50. The van der Waals surface area contributed by atoms with Crippen molar-refractivity contribution in [3.63, 3.8) is 0 Å². The Morgan fingerprint density at radius 3 is 2.54 bits per heavy atom. The van der Waals surface area contributed by atoms with Crippen LogP contribution in [-0.4, -0.2) is 23.7 Å². The second-order valence-electron chi connectivity index (χ2n) is 5.88. The number of halogens is 3. The Balaban J connectivity index is 1.95. The lowest BCUT2D eigenvalue weighted by Gasteiger charge is -2.13. The van der Waals surface area contributed by atoms with Crippen molar-refractivity contribution in [2.45, 2.75) is 13.1 Å². The molecule has 0 spiro atoms. The predicted octanol–water partition coefficient (Wildman–Crippen LogP) is 2.52. The summed E-state index contributed by atoms with van der Waals surface area (Å²) in [4.78, 5) is 24.8. The molecule has 0 fully saturated rings. The fraction of sp³-hybridized carbons (Fsp3) is 0.188. The highest BCUT2D eigenvalue weighted by atomic mass is 32.1. The molecule has 3 heterocycles. The van der Waals surface area contributed by atoms with E-state index in [1.807, 2.05) is 0 Å². The number of benzene rings is 1. The first-order valence-corrected chi connectivity index (χ1v) is 8.54. The van der Waals surface area contributed by atoms with E-state index < -0.39 is 23.1 Å². The third-order valence-electron chi connectivity index (χ3n) is 4.05. The molecule has 8 nitrogen and oxygen atoms in total. The summed E-state index contributed by atoms with van der Waals surface area (Å²) >= 11 is 1.14. The summed E-state index contributed by atoms with van der Waals surface area (Å²) < 4.78 is 50.4. The second kappa shape index (κ2) is 6.12. The van der Waals surface area contributed by atoms with E-state index in [-0.39, 0.29) is 11.6 Å². The average Bonchev–Trinajstić information content (AvgIpc) is 3.22. The van der Waals surface area contributed by atoms with Crippen LogP contribution in [-0.2, 0) is 13.2 Å². The zero-order valence-corrected chi connectivity index (χ0v) is 15.1. The second-order valence-corrected chi connectivity index (χ2v) is 6.69. The summed E-state index contributed by atoms with van der Waals surface area (Å²) in [7, 11) is 0.957. The highest BCUT2D eigenvalue weighted by molar-refractivity contribution is 7.13. The first-order chi connectivity index (χ1) is 13.2. The minimum absolute atomic E-state index is 0.101. The first-order valence-electron chi connectivity index (χ1n) is 7.77. The summed E-state index contributed by atoms with van der Waals surface area (Å²) in [6.07, 6.45) is -4.82. The monoisotopic (exact) mass is 409 g/mol. The van der Waals surface area contributed by atoms with Crippen molar-refractivity contribution in [2.75, 3.05) is 0 Å². The number of hydrogen-bond acceptors (Lipinski definition) is 7. The quantitative estimate of drug-likeness (QED) is 0.505. The molecule has 0 aliphatic heterocycles. The van der Waals surface area contributed by atoms with E-state index >= 15 is 0 Å². The van der Waals surface area contributed by atoms with E-state index in [4.69, 9.17) is 4.42 Å². The van der Waals surface area contributed by atoms with Crippen LogP contribution < -0.4 is 11.2 Å². The first kappa shape index (κ1) is 18.1. The van der Waals surface area contributed by atoms with Gasteiger partial charge in [0.05, 0.1) is 10.4 Å². The average molecular weight is 409 g/mol. The zero-order valence-electron chi connectivity index (χ0n) is 14.3.